The fourth-order valence-corrected chi connectivity index (χ4v) is 2.32. The summed E-state index contributed by atoms with van der Waals surface area (Å²) in [5.41, 5.74) is 1.11. The Balaban J connectivity index is 2.93. The van der Waals surface area contributed by atoms with Crippen molar-refractivity contribution in [3.8, 4) is 0 Å². The monoisotopic (exact) mass is 272 g/mol. The van der Waals surface area contributed by atoms with Gasteiger partial charge in [0, 0.05) is 6.04 Å². The first-order valence-corrected chi connectivity index (χ1v) is 6.96. The van der Waals surface area contributed by atoms with Crippen LogP contribution in [0, 0.1) is 0 Å². The molecule has 1 heterocycles. The second-order valence-corrected chi connectivity index (χ2v) is 5.53. The van der Waals surface area contributed by atoms with Crippen molar-refractivity contribution < 1.29 is 0 Å². The maximum Gasteiger partial charge on any atom is 0.0834 e. The fraction of sp³-hybridized carbons (Fsp3) is 0.769. The highest BCUT2D eigenvalue weighted by atomic mass is 35.5. The molecule has 18 heavy (non-hydrogen) atoms. The van der Waals surface area contributed by atoms with Crippen LogP contribution < -0.4 is 5.32 Å². The van der Waals surface area contributed by atoms with E-state index in [1.54, 1.807) is 6.20 Å². The molecule has 0 amide bonds. The Hall–Kier alpha value is -0.580. The molecule has 0 saturated heterocycles. The molecule has 1 N–H and O–H groups in total. The van der Waals surface area contributed by atoms with E-state index in [9.17, 15) is 0 Å². The lowest BCUT2D eigenvalue weighted by Crippen LogP contribution is -2.28. The first-order chi connectivity index (χ1) is 8.47. The third kappa shape index (κ3) is 3.97. The summed E-state index contributed by atoms with van der Waals surface area (Å²) in [7, 11) is 4.18. The highest BCUT2D eigenvalue weighted by Crippen LogP contribution is 2.27. The Bertz CT molecular complexity index is 360. The van der Waals surface area contributed by atoms with Gasteiger partial charge in [0.2, 0.25) is 0 Å². The molecule has 1 unspecified atom stereocenters. The number of hydrogen-bond acceptors (Lipinski definition) is 3. The third-order valence-corrected chi connectivity index (χ3v) is 3.21. The van der Waals surface area contributed by atoms with Gasteiger partial charge in [-0.05, 0) is 47.5 Å². The van der Waals surface area contributed by atoms with Crippen LogP contribution in [0.4, 0.5) is 0 Å². The van der Waals surface area contributed by atoms with Crippen LogP contribution in [0.2, 0.25) is 5.02 Å². The van der Waals surface area contributed by atoms with Crippen LogP contribution in [-0.4, -0.2) is 41.9 Å². The van der Waals surface area contributed by atoms with E-state index in [-0.39, 0.29) is 6.04 Å². The molecule has 0 fully saturated rings. The maximum atomic E-state index is 6.30. The second kappa shape index (κ2) is 7.12. The molecular weight excluding hydrogens is 248 g/mol. The van der Waals surface area contributed by atoms with Crippen LogP contribution in [0.25, 0.3) is 0 Å². The average molecular weight is 273 g/mol. The zero-order chi connectivity index (χ0) is 13.7. The Kier molecular flexibility index (Phi) is 6.12. The summed E-state index contributed by atoms with van der Waals surface area (Å²) >= 11 is 6.30. The summed E-state index contributed by atoms with van der Waals surface area (Å²) in [5, 5.41) is 8.64. The van der Waals surface area contributed by atoms with Crippen molar-refractivity contribution in [3.63, 3.8) is 0 Å². The van der Waals surface area contributed by atoms with Crippen molar-refractivity contribution in [2.24, 2.45) is 0 Å². The van der Waals surface area contributed by atoms with Gasteiger partial charge in [0.25, 0.3) is 0 Å². The van der Waals surface area contributed by atoms with E-state index < -0.39 is 0 Å². The van der Waals surface area contributed by atoms with Gasteiger partial charge in [-0.3, -0.25) is 4.68 Å². The molecule has 1 rings (SSSR count). The van der Waals surface area contributed by atoms with Gasteiger partial charge in [-0.15, -0.1) is 0 Å². The van der Waals surface area contributed by atoms with Crippen LogP contribution in [-0.2, 0) is 0 Å². The van der Waals surface area contributed by atoms with Crippen molar-refractivity contribution in [3.05, 3.63) is 16.9 Å². The molecule has 104 valence electrons. The SMILES string of the molecule is CCNC(CCN(C)C)c1c(Cl)cnn1C(C)C. The third-order valence-electron chi connectivity index (χ3n) is 2.92. The molecular formula is C13H25ClN4. The Morgan fingerprint density at radius 2 is 2.11 bits per heavy atom. The van der Waals surface area contributed by atoms with Crippen molar-refractivity contribution in [2.45, 2.75) is 39.3 Å². The number of hydrogen-bond donors (Lipinski definition) is 1. The average Bonchev–Trinajstić information content (AvgIpc) is 2.66. The Labute approximate surface area is 115 Å². The van der Waals surface area contributed by atoms with E-state index in [1.165, 1.54) is 0 Å². The minimum Gasteiger partial charge on any atom is -0.309 e. The minimum atomic E-state index is 0.259. The lowest BCUT2D eigenvalue weighted by Gasteiger charge is -2.23. The Morgan fingerprint density at radius 1 is 1.44 bits per heavy atom. The van der Waals surface area contributed by atoms with Crippen LogP contribution in [0.1, 0.15) is 45.0 Å². The molecule has 0 aliphatic rings. The normalized spacial score (nSPS) is 13.6. The van der Waals surface area contributed by atoms with E-state index in [2.05, 4.69) is 50.2 Å². The summed E-state index contributed by atoms with van der Waals surface area (Å²) in [6.45, 7) is 8.32. The Morgan fingerprint density at radius 3 is 2.61 bits per heavy atom. The summed E-state index contributed by atoms with van der Waals surface area (Å²) < 4.78 is 2.02. The number of rotatable bonds is 7. The molecule has 0 spiro atoms. The molecule has 0 aliphatic carbocycles. The van der Waals surface area contributed by atoms with Crippen molar-refractivity contribution >= 4 is 11.6 Å². The summed E-state index contributed by atoms with van der Waals surface area (Å²) in [5.74, 6) is 0. The predicted octanol–water partition coefficient (Wildman–Crippen LogP) is 2.72. The highest BCUT2D eigenvalue weighted by Gasteiger charge is 2.20. The quantitative estimate of drug-likeness (QED) is 0.829. The largest absolute Gasteiger partial charge is 0.309 e. The van der Waals surface area contributed by atoms with Crippen LogP contribution >= 0.6 is 11.6 Å². The van der Waals surface area contributed by atoms with Gasteiger partial charge in [0.1, 0.15) is 0 Å². The van der Waals surface area contributed by atoms with Crippen molar-refractivity contribution in [1.29, 1.82) is 0 Å². The lowest BCUT2D eigenvalue weighted by molar-refractivity contribution is 0.349. The smallest absolute Gasteiger partial charge is 0.0834 e. The first kappa shape index (κ1) is 15.5. The maximum absolute atomic E-state index is 6.30. The molecule has 0 aromatic carbocycles. The van der Waals surface area contributed by atoms with Gasteiger partial charge in [-0.25, -0.2) is 0 Å². The standard InChI is InChI=1S/C13H25ClN4/c1-6-15-12(7-8-17(4)5)13-11(14)9-16-18(13)10(2)3/h9-10,12,15H,6-8H2,1-5H3. The molecule has 0 saturated carbocycles. The van der Waals surface area contributed by atoms with E-state index >= 15 is 0 Å². The summed E-state index contributed by atoms with van der Waals surface area (Å²) in [4.78, 5) is 2.19. The van der Waals surface area contributed by atoms with E-state index in [0.29, 0.717) is 6.04 Å². The molecule has 1 aromatic rings. The van der Waals surface area contributed by atoms with E-state index in [4.69, 9.17) is 11.6 Å². The van der Waals surface area contributed by atoms with E-state index in [0.717, 1.165) is 30.2 Å². The fourth-order valence-electron chi connectivity index (χ4n) is 2.06. The number of nitrogens with zero attached hydrogens (tertiary/aromatic N) is 3. The van der Waals surface area contributed by atoms with Crippen molar-refractivity contribution in [2.75, 3.05) is 27.2 Å². The van der Waals surface area contributed by atoms with Crippen LogP contribution in [0.5, 0.6) is 0 Å². The van der Waals surface area contributed by atoms with Gasteiger partial charge in [0.05, 0.1) is 23.0 Å². The minimum absolute atomic E-state index is 0.259. The van der Waals surface area contributed by atoms with Crippen LogP contribution in [0.15, 0.2) is 6.20 Å². The van der Waals surface area contributed by atoms with Gasteiger partial charge < -0.3 is 10.2 Å². The molecule has 5 heteroatoms. The van der Waals surface area contributed by atoms with Gasteiger partial charge in [-0.1, -0.05) is 18.5 Å². The van der Waals surface area contributed by atoms with Gasteiger partial charge in [-0.2, -0.15) is 5.10 Å². The number of nitrogens with one attached hydrogen (secondary N) is 1. The number of aromatic nitrogens is 2. The predicted molar refractivity (Wildman–Crippen MR) is 77.2 cm³/mol. The molecule has 4 nitrogen and oxygen atoms in total. The van der Waals surface area contributed by atoms with Gasteiger partial charge in [0.15, 0.2) is 0 Å². The van der Waals surface area contributed by atoms with Gasteiger partial charge >= 0.3 is 0 Å². The zero-order valence-corrected chi connectivity index (χ0v) is 12.8. The molecule has 0 aliphatic heterocycles. The molecule has 0 radical (unpaired) electrons. The summed E-state index contributed by atoms with van der Waals surface area (Å²) in [6.07, 6.45) is 2.77. The molecule has 1 aromatic heterocycles. The van der Waals surface area contributed by atoms with Crippen molar-refractivity contribution in [1.82, 2.24) is 20.0 Å². The molecule has 1 atom stereocenters. The second-order valence-electron chi connectivity index (χ2n) is 5.12. The van der Waals surface area contributed by atoms with Crippen LogP contribution in [0.3, 0.4) is 0 Å². The highest BCUT2D eigenvalue weighted by molar-refractivity contribution is 6.31. The number of halogens is 1. The topological polar surface area (TPSA) is 33.1 Å². The zero-order valence-electron chi connectivity index (χ0n) is 12.1. The molecule has 0 bridgehead atoms. The van der Waals surface area contributed by atoms with E-state index in [1.807, 2.05) is 4.68 Å². The summed E-state index contributed by atoms with van der Waals surface area (Å²) in [6, 6.07) is 0.586. The first-order valence-electron chi connectivity index (χ1n) is 6.58. The lowest BCUT2D eigenvalue weighted by atomic mass is 10.1.